The normalized spacial score (nSPS) is 10.6. The van der Waals surface area contributed by atoms with Crippen LogP contribution in [0.4, 0.5) is 4.79 Å². The van der Waals surface area contributed by atoms with E-state index in [0.717, 1.165) is 23.1 Å². The smallest absolute Gasteiger partial charge is 0.433 e. The number of carbonyl (C=O) groups excluding carboxylic acids is 1. The zero-order valence-corrected chi connectivity index (χ0v) is 15.0. The zero-order valence-electron chi connectivity index (χ0n) is 13.4. The number of rotatable bonds is 9. The number of hydroxylamine groups is 2. The molecule has 1 rings (SSSR count). The van der Waals surface area contributed by atoms with Gasteiger partial charge in [-0.25, -0.2) is 4.79 Å². The average Bonchev–Trinajstić information content (AvgIpc) is 2.53. The number of hydrogen-bond acceptors (Lipinski definition) is 4. The fourth-order valence-electron chi connectivity index (χ4n) is 1.60. The highest BCUT2D eigenvalue weighted by molar-refractivity contribution is 9.09. The van der Waals surface area contributed by atoms with Crippen molar-refractivity contribution in [3.8, 4) is 5.75 Å². The van der Waals surface area contributed by atoms with Crippen molar-refractivity contribution >= 4 is 22.0 Å². The van der Waals surface area contributed by atoms with Crippen LogP contribution < -0.4 is 4.74 Å². The van der Waals surface area contributed by atoms with E-state index in [-0.39, 0.29) is 0 Å². The standard InChI is InChI=1S/C16H24BrNO4/c1-13(2)11-21-16(19)18(10-4-9-17)22-12-14-5-7-15(20-3)8-6-14/h5-8,13H,4,9-12H2,1-3H3. The summed E-state index contributed by atoms with van der Waals surface area (Å²) in [5.41, 5.74) is 0.960. The maximum Gasteiger partial charge on any atom is 0.433 e. The van der Waals surface area contributed by atoms with E-state index in [2.05, 4.69) is 15.9 Å². The van der Waals surface area contributed by atoms with Crippen molar-refractivity contribution in [3.05, 3.63) is 29.8 Å². The summed E-state index contributed by atoms with van der Waals surface area (Å²) < 4.78 is 10.3. The largest absolute Gasteiger partial charge is 0.497 e. The highest BCUT2D eigenvalue weighted by Crippen LogP contribution is 2.13. The second-order valence-corrected chi connectivity index (χ2v) is 6.03. The van der Waals surface area contributed by atoms with E-state index < -0.39 is 6.09 Å². The van der Waals surface area contributed by atoms with E-state index >= 15 is 0 Å². The summed E-state index contributed by atoms with van der Waals surface area (Å²) in [6.07, 6.45) is 0.350. The van der Waals surface area contributed by atoms with Gasteiger partial charge in [0.2, 0.25) is 0 Å². The number of carbonyl (C=O) groups is 1. The first-order valence-corrected chi connectivity index (χ1v) is 8.45. The maximum atomic E-state index is 12.0. The number of ether oxygens (including phenoxy) is 2. The molecule has 5 nitrogen and oxygen atoms in total. The minimum Gasteiger partial charge on any atom is -0.497 e. The molecule has 1 aromatic carbocycles. The van der Waals surface area contributed by atoms with E-state index in [4.69, 9.17) is 14.3 Å². The second kappa shape index (κ2) is 10.5. The molecule has 0 N–H and O–H groups in total. The minimum absolute atomic E-state index is 0.295. The van der Waals surface area contributed by atoms with Gasteiger partial charge in [0.05, 0.1) is 20.3 Å². The first-order chi connectivity index (χ1) is 10.6. The number of hydrogen-bond donors (Lipinski definition) is 0. The molecule has 1 amide bonds. The van der Waals surface area contributed by atoms with Gasteiger partial charge in [0.25, 0.3) is 0 Å². The summed E-state index contributed by atoms with van der Waals surface area (Å²) in [5, 5.41) is 2.08. The van der Waals surface area contributed by atoms with Crippen LogP contribution in [0.5, 0.6) is 5.75 Å². The van der Waals surface area contributed by atoms with Gasteiger partial charge in [0, 0.05) is 5.33 Å². The summed E-state index contributed by atoms with van der Waals surface area (Å²) in [7, 11) is 1.62. The van der Waals surface area contributed by atoms with E-state index in [1.54, 1.807) is 7.11 Å². The van der Waals surface area contributed by atoms with Gasteiger partial charge < -0.3 is 9.47 Å². The van der Waals surface area contributed by atoms with Crippen molar-refractivity contribution in [2.75, 3.05) is 25.6 Å². The molecule has 0 aliphatic heterocycles. The summed E-state index contributed by atoms with van der Waals surface area (Å²) in [6, 6.07) is 7.53. The van der Waals surface area contributed by atoms with Crippen LogP contribution in [0.25, 0.3) is 0 Å². The Morgan fingerprint density at radius 2 is 1.95 bits per heavy atom. The Morgan fingerprint density at radius 1 is 1.27 bits per heavy atom. The average molecular weight is 374 g/mol. The Morgan fingerprint density at radius 3 is 2.50 bits per heavy atom. The van der Waals surface area contributed by atoms with Gasteiger partial charge in [-0.15, -0.1) is 0 Å². The highest BCUT2D eigenvalue weighted by atomic mass is 79.9. The van der Waals surface area contributed by atoms with Crippen molar-refractivity contribution in [1.29, 1.82) is 0 Å². The lowest BCUT2D eigenvalue weighted by atomic mass is 10.2. The summed E-state index contributed by atoms with van der Waals surface area (Å²) >= 11 is 3.35. The molecule has 6 heteroatoms. The molecule has 124 valence electrons. The summed E-state index contributed by atoms with van der Waals surface area (Å²) in [5.74, 6) is 1.08. The van der Waals surface area contributed by atoms with Crippen LogP contribution in [0, 0.1) is 5.92 Å². The molecule has 0 spiro atoms. The molecule has 0 atom stereocenters. The zero-order chi connectivity index (χ0) is 16.4. The minimum atomic E-state index is -0.442. The van der Waals surface area contributed by atoms with Crippen LogP contribution >= 0.6 is 15.9 Å². The molecule has 0 radical (unpaired) electrons. The maximum absolute atomic E-state index is 12.0. The predicted octanol–water partition coefficient (Wildman–Crippen LogP) is 4.01. The molecule has 0 aliphatic carbocycles. The van der Waals surface area contributed by atoms with Gasteiger partial charge in [-0.3, -0.25) is 4.84 Å². The number of nitrogens with zero attached hydrogens (tertiary/aromatic N) is 1. The molecule has 0 saturated heterocycles. The predicted molar refractivity (Wildman–Crippen MR) is 89.1 cm³/mol. The lowest BCUT2D eigenvalue weighted by Crippen LogP contribution is -2.33. The van der Waals surface area contributed by atoms with Gasteiger partial charge in [0.1, 0.15) is 12.4 Å². The fraction of sp³-hybridized carbons (Fsp3) is 0.562. The van der Waals surface area contributed by atoms with Gasteiger partial charge in [-0.2, -0.15) is 5.06 Å². The SMILES string of the molecule is COc1ccc(CON(CCCBr)C(=O)OCC(C)C)cc1. The lowest BCUT2D eigenvalue weighted by molar-refractivity contribution is -0.147. The molecule has 0 bridgehead atoms. The molecule has 0 aliphatic rings. The first kappa shape index (κ1) is 18.8. The molecule has 0 fully saturated rings. The molecule has 0 heterocycles. The second-order valence-electron chi connectivity index (χ2n) is 5.24. The van der Waals surface area contributed by atoms with Crippen LogP contribution in [-0.4, -0.2) is 36.7 Å². The topological polar surface area (TPSA) is 48.0 Å². The molecule has 0 saturated carbocycles. The van der Waals surface area contributed by atoms with Gasteiger partial charge in [-0.05, 0) is 30.0 Å². The quantitative estimate of drug-likeness (QED) is 0.484. The van der Waals surface area contributed by atoms with Gasteiger partial charge in [0.15, 0.2) is 0 Å². The molecule has 22 heavy (non-hydrogen) atoms. The van der Waals surface area contributed by atoms with E-state index in [1.807, 2.05) is 38.1 Å². The lowest BCUT2D eigenvalue weighted by Gasteiger charge is -2.21. The molecular formula is C16H24BrNO4. The van der Waals surface area contributed by atoms with Crippen LogP contribution in [0.15, 0.2) is 24.3 Å². The highest BCUT2D eigenvalue weighted by Gasteiger charge is 2.16. The third-order valence-corrected chi connectivity index (χ3v) is 3.35. The van der Waals surface area contributed by atoms with Gasteiger partial charge >= 0.3 is 6.09 Å². The Balaban J connectivity index is 2.53. The van der Waals surface area contributed by atoms with E-state index in [9.17, 15) is 4.79 Å². The fourth-order valence-corrected chi connectivity index (χ4v) is 1.85. The van der Waals surface area contributed by atoms with Crippen molar-refractivity contribution < 1.29 is 19.1 Å². The molecule has 1 aromatic rings. The van der Waals surface area contributed by atoms with Crippen molar-refractivity contribution in [1.82, 2.24) is 5.06 Å². The molecule has 0 aromatic heterocycles. The number of benzene rings is 1. The third-order valence-electron chi connectivity index (χ3n) is 2.78. The van der Waals surface area contributed by atoms with Crippen molar-refractivity contribution in [2.24, 2.45) is 5.92 Å². The van der Waals surface area contributed by atoms with Gasteiger partial charge in [-0.1, -0.05) is 41.9 Å². The van der Waals surface area contributed by atoms with Crippen molar-refractivity contribution in [2.45, 2.75) is 26.9 Å². The Labute approximate surface area is 140 Å². The van der Waals surface area contributed by atoms with E-state index in [0.29, 0.717) is 25.7 Å². The van der Waals surface area contributed by atoms with Crippen LogP contribution in [0.2, 0.25) is 0 Å². The Bertz CT molecular complexity index is 436. The van der Waals surface area contributed by atoms with Crippen LogP contribution in [-0.2, 0) is 16.2 Å². The van der Waals surface area contributed by atoms with Crippen molar-refractivity contribution in [3.63, 3.8) is 0 Å². The Hall–Kier alpha value is -1.27. The first-order valence-electron chi connectivity index (χ1n) is 7.33. The third kappa shape index (κ3) is 7.13. The monoisotopic (exact) mass is 373 g/mol. The van der Waals surface area contributed by atoms with Crippen LogP contribution in [0.3, 0.4) is 0 Å². The number of alkyl halides is 1. The number of amides is 1. The Kier molecular flexibility index (Phi) is 8.92. The summed E-state index contributed by atoms with van der Waals surface area (Å²) in [6.45, 7) is 5.17. The molecule has 0 unspecified atom stereocenters. The van der Waals surface area contributed by atoms with Crippen LogP contribution in [0.1, 0.15) is 25.8 Å². The van der Waals surface area contributed by atoms with E-state index in [1.165, 1.54) is 5.06 Å². The molecular weight excluding hydrogens is 350 g/mol. The summed E-state index contributed by atoms with van der Waals surface area (Å²) in [4.78, 5) is 17.6. The number of methoxy groups -OCH3 is 1. The number of halogens is 1.